The molecule has 0 saturated carbocycles. The first-order valence-electron chi connectivity index (χ1n) is 6.27. The molecule has 0 saturated heterocycles. The maximum atomic E-state index is 12.8. The molecule has 0 fully saturated rings. The van der Waals surface area contributed by atoms with Crippen LogP contribution in [0.1, 0.15) is 5.56 Å². The van der Waals surface area contributed by atoms with Crippen LogP contribution in [0.25, 0.3) is 0 Å². The van der Waals surface area contributed by atoms with E-state index in [1.54, 1.807) is 0 Å². The number of halogens is 3. The third-order valence-corrected chi connectivity index (χ3v) is 4.41. The van der Waals surface area contributed by atoms with Gasteiger partial charge in [0.25, 0.3) is 10.0 Å². The number of carbonyl (C=O) groups excluding carboxylic acids is 1. The molecule has 0 aliphatic heterocycles. The topological polar surface area (TPSA) is 75.3 Å². The number of sulfonamides is 1. The smallest absolute Gasteiger partial charge is 0.257 e. The first kappa shape index (κ1) is 17.7. The number of nitrogens with one attached hydrogen (secondary N) is 2. The van der Waals surface area contributed by atoms with Crippen molar-refractivity contribution >= 4 is 39.1 Å². The van der Waals surface area contributed by atoms with Crippen LogP contribution in [-0.2, 0) is 21.2 Å². The van der Waals surface area contributed by atoms with Crippen LogP contribution in [0.5, 0.6) is 0 Å². The molecule has 0 heterocycles. The number of hydrogen-bond acceptors (Lipinski definition) is 3. The van der Waals surface area contributed by atoms with Crippen LogP contribution in [0, 0.1) is 5.82 Å². The van der Waals surface area contributed by atoms with Crippen molar-refractivity contribution < 1.29 is 17.6 Å². The molecule has 2 aromatic rings. The third-order valence-electron chi connectivity index (χ3n) is 2.75. The zero-order chi connectivity index (χ0) is 17.0. The quantitative estimate of drug-likeness (QED) is 0.787. The van der Waals surface area contributed by atoms with E-state index in [4.69, 9.17) is 23.2 Å². The Morgan fingerprint density at radius 3 is 2.17 bits per heavy atom. The Balaban J connectivity index is 2.01. The first-order valence-corrected chi connectivity index (χ1v) is 8.51. The van der Waals surface area contributed by atoms with Crippen molar-refractivity contribution in [2.75, 3.05) is 0 Å². The summed E-state index contributed by atoms with van der Waals surface area (Å²) in [6, 6.07) is 9.06. The molecule has 0 radical (unpaired) electrons. The normalized spacial score (nSPS) is 11.3. The minimum absolute atomic E-state index is 0.112. The Labute approximate surface area is 142 Å². The summed E-state index contributed by atoms with van der Waals surface area (Å²) in [5.41, 5.74) is 2.60. The monoisotopic (exact) mass is 376 g/mol. The summed E-state index contributed by atoms with van der Waals surface area (Å²) < 4.78 is 36.9. The van der Waals surface area contributed by atoms with Crippen LogP contribution in [0.15, 0.2) is 47.4 Å². The van der Waals surface area contributed by atoms with Gasteiger partial charge in [-0.3, -0.25) is 10.2 Å². The summed E-state index contributed by atoms with van der Waals surface area (Å²) in [5, 5.41) is 0.297. The molecule has 0 aliphatic rings. The van der Waals surface area contributed by atoms with E-state index in [0.717, 1.165) is 0 Å². The highest BCUT2D eigenvalue weighted by Gasteiger charge is 2.16. The lowest BCUT2D eigenvalue weighted by atomic mass is 10.1. The summed E-state index contributed by atoms with van der Waals surface area (Å²) in [7, 11) is -4.01. The van der Waals surface area contributed by atoms with Crippen molar-refractivity contribution in [3.63, 3.8) is 0 Å². The summed E-state index contributed by atoms with van der Waals surface area (Å²) in [5.74, 6) is -1.03. The predicted molar refractivity (Wildman–Crippen MR) is 85.0 cm³/mol. The SMILES string of the molecule is O=C(Cc1ccc(F)cc1)NNS(=O)(=O)c1cc(Cl)cc(Cl)c1. The maximum absolute atomic E-state index is 12.8. The third kappa shape index (κ3) is 5.18. The average Bonchev–Trinajstić information content (AvgIpc) is 2.47. The largest absolute Gasteiger partial charge is 0.277 e. The molecule has 0 aromatic heterocycles. The maximum Gasteiger partial charge on any atom is 0.257 e. The zero-order valence-corrected chi connectivity index (χ0v) is 13.8. The second kappa shape index (κ2) is 7.27. The molecule has 0 unspecified atom stereocenters. The van der Waals surface area contributed by atoms with Crippen LogP contribution in [0.4, 0.5) is 4.39 Å². The van der Waals surface area contributed by atoms with Gasteiger partial charge < -0.3 is 0 Å². The van der Waals surface area contributed by atoms with E-state index in [1.165, 1.54) is 42.5 Å². The highest BCUT2D eigenvalue weighted by Crippen LogP contribution is 2.21. The molecule has 23 heavy (non-hydrogen) atoms. The van der Waals surface area contributed by atoms with Gasteiger partial charge >= 0.3 is 0 Å². The zero-order valence-electron chi connectivity index (χ0n) is 11.5. The minimum atomic E-state index is -4.01. The molecule has 0 aliphatic carbocycles. The molecule has 0 atom stereocenters. The molecule has 9 heteroatoms. The van der Waals surface area contributed by atoms with Crippen molar-refractivity contribution in [2.45, 2.75) is 11.3 Å². The minimum Gasteiger partial charge on any atom is -0.277 e. The lowest BCUT2D eigenvalue weighted by Crippen LogP contribution is -2.42. The van der Waals surface area contributed by atoms with Crippen LogP contribution in [0.2, 0.25) is 10.0 Å². The molecule has 0 bridgehead atoms. The number of hydrogen-bond donors (Lipinski definition) is 2. The van der Waals surface area contributed by atoms with E-state index in [-0.39, 0.29) is 21.4 Å². The summed E-state index contributed by atoms with van der Waals surface area (Å²) in [6.07, 6.45) is -0.112. The Morgan fingerprint density at radius 2 is 1.61 bits per heavy atom. The summed E-state index contributed by atoms with van der Waals surface area (Å²) in [4.78, 5) is 13.5. The van der Waals surface area contributed by atoms with Gasteiger partial charge in [0.1, 0.15) is 5.82 Å². The van der Waals surface area contributed by atoms with E-state index >= 15 is 0 Å². The second-order valence-corrected chi connectivity index (χ2v) is 7.12. The molecule has 1 amide bonds. The molecular formula is C14H11Cl2FN2O3S. The fraction of sp³-hybridized carbons (Fsp3) is 0.0714. The van der Waals surface area contributed by atoms with Gasteiger partial charge in [-0.1, -0.05) is 35.3 Å². The Hall–Kier alpha value is -1.67. The molecule has 0 spiro atoms. The van der Waals surface area contributed by atoms with Crippen LogP contribution in [0.3, 0.4) is 0 Å². The lowest BCUT2D eigenvalue weighted by Gasteiger charge is -2.09. The first-order chi connectivity index (χ1) is 10.8. The van der Waals surface area contributed by atoms with Gasteiger partial charge in [0.2, 0.25) is 5.91 Å². The highest BCUT2D eigenvalue weighted by atomic mass is 35.5. The Bertz CT molecular complexity index is 806. The van der Waals surface area contributed by atoms with Gasteiger partial charge in [-0.05, 0) is 35.9 Å². The predicted octanol–water partition coefficient (Wildman–Crippen LogP) is 2.68. The van der Waals surface area contributed by atoms with Crippen molar-refractivity contribution in [2.24, 2.45) is 0 Å². The Kier molecular flexibility index (Phi) is 5.59. The van der Waals surface area contributed by atoms with Crippen molar-refractivity contribution in [3.8, 4) is 0 Å². The van der Waals surface area contributed by atoms with E-state index in [9.17, 15) is 17.6 Å². The van der Waals surface area contributed by atoms with Gasteiger partial charge in [0, 0.05) is 10.0 Å². The van der Waals surface area contributed by atoms with E-state index < -0.39 is 21.7 Å². The molecular weight excluding hydrogens is 366 g/mol. The van der Waals surface area contributed by atoms with E-state index in [1.807, 2.05) is 4.83 Å². The second-order valence-electron chi connectivity index (χ2n) is 4.56. The van der Waals surface area contributed by atoms with Crippen molar-refractivity contribution in [3.05, 3.63) is 63.9 Å². The van der Waals surface area contributed by atoms with Gasteiger partial charge in [0.15, 0.2) is 0 Å². The number of hydrazine groups is 1. The van der Waals surface area contributed by atoms with Gasteiger partial charge in [-0.25, -0.2) is 12.8 Å². The number of amides is 1. The van der Waals surface area contributed by atoms with E-state index in [0.29, 0.717) is 5.56 Å². The number of carbonyl (C=O) groups is 1. The van der Waals surface area contributed by atoms with Gasteiger partial charge in [-0.2, -0.15) is 0 Å². The molecule has 2 rings (SSSR count). The van der Waals surface area contributed by atoms with Crippen LogP contribution < -0.4 is 10.3 Å². The van der Waals surface area contributed by atoms with Gasteiger partial charge in [-0.15, -0.1) is 4.83 Å². The van der Waals surface area contributed by atoms with Gasteiger partial charge in [0.05, 0.1) is 11.3 Å². The summed E-state index contributed by atoms with van der Waals surface area (Å²) >= 11 is 11.5. The van der Waals surface area contributed by atoms with Crippen molar-refractivity contribution in [1.29, 1.82) is 0 Å². The standard InChI is InChI=1S/C14H11Cl2FN2O3S/c15-10-6-11(16)8-13(7-10)23(21,22)19-18-14(20)5-9-1-3-12(17)4-2-9/h1-4,6-8,19H,5H2,(H,18,20). The van der Waals surface area contributed by atoms with E-state index in [2.05, 4.69) is 5.43 Å². The Morgan fingerprint density at radius 1 is 1.04 bits per heavy atom. The number of rotatable bonds is 5. The molecule has 2 aromatic carbocycles. The van der Waals surface area contributed by atoms with Crippen molar-refractivity contribution in [1.82, 2.24) is 10.3 Å². The average molecular weight is 377 g/mol. The highest BCUT2D eigenvalue weighted by molar-refractivity contribution is 7.89. The fourth-order valence-corrected chi connectivity index (χ4v) is 3.28. The molecule has 5 nitrogen and oxygen atoms in total. The lowest BCUT2D eigenvalue weighted by molar-refractivity contribution is -0.120. The number of benzene rings is 2. The van der Waals surface area contributed by atoms with Crippen LogP contribution in [-0.4, -0.2) is 14.3 Å². The molecule has 122 valence electrons. The fourth-order valence-electron chi connectivity index (χ4n) is 1.70. The summed E-state index contributed by atoms with van der Waals surface area (Å²) in [6.45, 7) is 0. The molecule has 2 N–H and O–H groups in total. The van der Waals surface area contributed by atoms with Crippen LogP contribution >= 0.6 is 23.2 Å².